The molecule has 106 valence electrons. The van der Waals surface area contributed by atoms with Crippen molar-refractivity contribution in [1.82, 2.24) is 0 Å². The van der Waals surface area contributed by atoms with E-state index in [0.29, 0.717) is 12.5 Å². The standard InChI is InChI=1S/C15H22F2N2/c1-2-10-3-5-11(6-4-10)9-19-15-13(18)8-7-12(16)14(15)17/h7-8,10-11,19H,2-6,9,18H2,1H3. The summed E-state index contributed by atoms with van der Waals surface area (Å²) in [4.78, 5) is 0. The lowest BCUT2D eigenvalue weighted by Crippen LogP contribution is -2.21. The second kappa shape index (κ2) is 6.22. The first-order chi connectivity index (χ1) is 9.11. The Morgan fingerprint density at radius 2 is 1.79 bits per heavy atom. The Bertz CT molecular complexity index is 426. The van der Waals surface area contributed by atoms with Crippen molar-refractivity contribution in [1.29, 1.82) is 0 Å². The van der Waals surface area contributed by atoms with Crippen LogP contribution in [0, 0.1) is 23.5 Å². The van der Waals surface area contributed by atoms with Crippen molar-refractivity contribution in [2.75, 3.05) is 17.6 Å². The molecule has 1 aliphatic carbocycles. The number of nitrogens with two attached hydrogens (primary N) is 1. The molecule has 0 saturated heterocycles. The van der Waals surface area contributed by atoms with Gasteiger partial charge in [-0.05, 0) is 36.8 Å². The zero-order chi connectivity index (χ0) is 13.8. The summed E-state index contributed by atoms with van der Waals surface area (Å²) < 4.78 is 26.8. The summed E-state index contributed by atoms with van der Waals surface area (Å²) in [5.41, 5.74) is 6.05. The van der Waals surface area contributed by atoms with E-state index in [9.17, 15) is 8.78 Å². The average Bonchev–Trinajstić information content (AvgIpc) is 2.44. The molecule has 1 saturated carbocycles. The molecule has 1 aliphatic rings. The second-order valence-corrected chi connectivity index (χ2v) is 5.50. The number of benzene rings is 1. The van der Waals surface area contributed by atoms with Crippen LogP contribution in [0.5, 0.6) is 0 Å². The molecule has 1 aromatic rings. The number of hydrogen-bond acceptors (Lipinski definition) is 2. The fourth-order valence-electron chi connectivity index (χ4n) is 2.84. The number of hydrogen-bond donors (Lipinski definition) is 2. The zero-order valence-corrected chi connectivity index (χ0v) is 11.4. The molecule has 1 aromatic carbocycles. The van der Waals surface area contributed by atoms with Gasteiger partial charge in [-0.25, -0.2) is 8.78 Å². The molecule has 0 heterocycles. The highest BCUT2D eigenvalue weighted by Crippen LogP contribution is 2.31. The molecular weight excluding hydrogens is 246 g/mol. The molecule has 0 aromatic heterocycles. The van der Waals surface area contributed by atoms with Gasteiger partial charge in [0, 0.05) is 6.54 Å². The highest BCUT2D eigenvalue weighted by Gasteiger charge is 2.20. The second-order valence-electron chi connectivity index (χ2n) is 5.50. The Labute approximate surface area is 113 Å². The average molecular weight is 268 g/mol. The van der Waals surface area contributed by atoms with Gasteiger partial charge >= 0.3 is 0 Å². The first-order valence-electron chi connectivity index (χ1n) is 7.09. The fraction of sp³-hybridized carbons (Fsp3) is 0.600. The minimum atomic E-state index is -0.873. The Balaban J connectivity index is 1.91. The van der Waals surface area contributed by atoms with Gasteiger partial charge in [-0.15, -0.1) is 0 Å². The van der Waals surface area contributed by atoms with E-state index in [1.165, 1.54) is 25.3 Å². The highest BCUT2D eigenvalue weighted by atomic mass is 19.2. The van der Waals surface area contributed by atoms with Crippen LogP contribution in [-0.4, -0.2) is 6.54 Å². The molecule has 0 aliphatic heterocycles. The molecule has 4 heteroatoms. The Morgan fingerprint density at radius 3 is 2.42 bits per heavy atom. The van der Waals surface area contributed by atoms with Gasteiger partial charge < -0.3 is 11.1 Å². The predicted octanol–water partition coefficient (Wildman–Crippen LogP) is 4.18. The highest BCUT2D eigenvalue weighted by molar-refractivity contribution is 5.66. The molecule has 0 unspecified atom stereocenters. The van der Waals surface area contributed by atoms with Gasteiger partial charge in [-0.3, -0.25) is 0 Å². The monoisotopic (exact) mass is 268 g/mol. The Morgan fingerprint density at radius 1 is 1.16 bits per heavy atom. The summed E-state index contributed by atoms with van der Waals surface area (Å²) in [6, 6.07) is 2.46. The van der Waals surface area contributed by atoms with Crippen molar-refractivity contribution in [3.63, 3.8) is 0 Å². The maximum absolute atomic E-state index is 13.6. The third-order valence-electron chi connectivity index (χ3n) is 4.24. The molecule has 0 atom stereocenters. The van der Waals surface area contributed by atoms with Crippen LogP contribution < -0.4 is 11.1 Å². The predicted molar refractivity (Wildman–Crippen MR) is 75.0 cm³/mol. The number of anilines is 2. The molecule has 0 radical (unpaired) electrons. The van der Waals surface area contributed by atoms with Crippen molar-refractivity contribution in [3.05, 3.63) is 23.8 Å². The van der Waals surface area contributed by atoms with Crippen molar-refractivity contribution >= 4 is 11.4 Å². The third kappa shape index (κ3) is 3.37. The van der Waals surface area contributed by atoms with E-state index < -0.39 is 11.6 Å². The fourth-order valence-corrected chi connectivity index (χ4v) is 2.84. The minimum Gasteiger partial charge on any atom is -0.397 e. The number of halogens is 2. The lowest BCUT2D eigenvalue weighted by molar-refractivity contribution is 0.278. The maximum atomic E-state index is 13.6. The van der Waals surface area contributed by atoms with Gasteiger partial charge in [0.25, 0.3) is 0 Å². The minimum absolute atomic E-state index is 0.109. The zero-order valence-electron chi connectivity index (χ0n) is 11.4. The summed E-state index contributed by atoms with van der Waals surface area (Å²) in [6.45, 7) is 2.90. The lowest BCUT2D eigenvalue weighted by Gasteiger charge is -2.28. The summed E-state index contributed by atoms with van der Waals surface area (Å²) in [7, 11) is 0. The van der Waals surface area contributed by atoms with Crippen molar-refractivity contribution < 1.29 is 8.78 Å². The van der Waals surface area contributed by atoms with E-state index in [1.54, 1.807) is 0 Å². The molecular formula is C15H22F2N2. The number of rotatable bonds is 4. The van der Waals surface area contributed by atoms with Gasteiger partial charge in [0.1, 0.15) is 0 Å². The third-order valence-corrected chi connectivity index (χ3v) is 4.24. The molecule has 2 rings (SSSR count). The molecule has 0 bridgehead atoms. The lowest BCUT2D eigenvalue weighted by atomic mass is 9.81. The van der Waals surface area contributed by atoms with Gasteiger partial charge in [-0.1, -0.05) is 26.2 Å². The normalized spacial score (nSPS) is 23.3. The van der Waals surface area contributed by atoms with E-state index in [-0.39, 0.29) is 11.4 Å². The molecule has 1 fully saturated rings. The SMILES string of the molecule is CCC1CCC(CNc2c(N)ccc(F)c2F)CC1. The van der Waals surface area contributed by atoms with E-state index >= 15 is 0 Å². The van der Waals surface area contributed by atoms with Crippen molar-refractivity contribution in [2.45, 2.75) is 39.0 Å². The summed E-state index contributed by atoms with van der Waals surface area (Å²) >= 11 is 0. The molecule has 0 amide bonds. The van der Waals surface area contributed by atoms with Crippen LogP contribution in [0.25, 0.3) is 0 Å². The molecule has 3 N–H and O–H groups in total. The van der Waals surface area contributed by atoms with Crippen LogP contribution in [-0.2, 0) is 0 Å². The van der Waals surface area contributed by atoms with E-state index in [4.69, 9.17) is 5.73 Å². The van der Waals surface area contributed by atoms with E-state index in [1.807, 2.05) is 0 Å². The van der Waals surface area contributed by atoms with E-state index in [0.717, 1.165) is 24.8 Å². The van der Waals surface area contributed by atoms with Crippen LogP contribution >= 0.6 is 0 Å². The van der Waals surface area contributed by atoms with Crippen LogP contribution in [0.1, 0.15) is 39.0 Å². The summed E-state index contributed by atoms with van der Waals surface area (Å²) in [6.07, 6.45) is 6.03. The molecule has 2 nitrogen and oxygen atoms in total. The van der Waals surface area contributed by atoms with Gasteiger partial charge in [0.2, 0.25) is 0 Å². The van der Waals surface area contributed by atoms with Gasteiger partial charge in [0.05, 0.1) is 11.4 Å². The summed E-state index contributed by atoms with van der Waals surface area (Å²) in [5, 5.41) is 2.98. The van der Waals surface area contributed by atoms with Crippen LogP contribution in [0.4, 0.5) is 20.2 Å². The van der Waals surface area contributed by atoms with Crippen LogP contribution in [0.3, 0.4) is 0 Å². The van der Waals surface area contributed by atoms with Crippen LogP contribution in [0.15, 0.2) is 12.1 Å². The largest absolute Gasteiger partial charge is 0.397 e. The molecule has 0 spiro atoms. The quantitative estimate of drug-likeness (QED) is 0.804. The maximum Gasteiger partial charge on any atom is 0.183 e. The van der Waals surface area contributed by atoms with Crippen molar-refractivity contribution in [2.24, 2.45) is 11.8 Å². The number of nitrogen functional groups attached to an aromatic ring is 1. The first-order valence-corrected chi connectivity index (χ1v) is 7.09. The van der Waals surface area contributed by atoms with Gasteiger partial charge in [-0.2, -0.15) is 0 Å². The molecule has 19 heavy (non-hydrogen) atoms. The summed E-state index contributed by atoms with van der Waals surface area (Å²) in [5.74, 6) is -0.356. The topological polar surface area (TPSA) is 38.0 Å². The first kappa shape index (κ1) is 14.1. The van der Waals surface area contributed by atoms with Gasteiger partial charge in [0.15, 0.2) is 11.6 Å². The Kier molecular flexibility index (Phi) is 4.61. The van der Waals surface area contributed by atoms with E-state index in [2.05, 4.69) is 12.2 Å². The number of nitrogens with one attached hydrogen (secondary N) is 1. The van der Waals surface area contributed by atoms with Crippen LogP contribution in [0.2, 0.25) is 0 Å². The Hall–Kier alpha value is -1.32. The van der Waals surface area contributed by atoms with Crippen molar-refractivity contribution in [3.8, 4) is 0 Å². The smallest absolute Gasteiger partial charge is 0.183 e.